The Morgan fingerprint density at radius 2 is 1.90 bits per heavy atom. The Balaban J connectivity index is 1.46. The highest BCUT2D eigenvalue weighted by atomic mass is 16.3. The van der Waals surface area contributed by atoms with Crippen molar-refractivity contribution < 1.29 is 9.90 Å². The molecule has 0 aliphatic carbocycles. The molecule has 3 aromatic carbocycles. The van der Waals surface area contributed by atoms with Crippen molar-refractivity contribution in [1.29, 1.82) is 0 Å². The molecule has 0 aliphatic rings. The molecule has 0 saturated heterocycles. The molecule has 6 heteroatoms. The number of amides is 1. The average Bonchev–Trinajstić information content (AvgIpc) is 3.26. The van der Waals surface area contributed by atoms with Gasteiger partial charge in [-0.15, -0.1) is 0 Å². The van der Waals surface area contributed by atoms with E-state index in [1.165, 1.54) is 11.8 Å². The highest BCUT2D eigenvalue weighted by Gasteiger charge is 2.11. The Kier molecular flexibility index (Phi) is 5.80. The number of carbonyl (C=O) groups excluding carboxylic acids is 1. The van der Waals surface area contributed by atoms with Gasteiger partial charge in [-0.3, -0.25) is 9.89 Å². The van der Waals surface area contributed by atoms with Crippen molar-refractivity contribution in [3.63, 3.8) is 0 Å². The summed E-state index contributed by atoms with van der Waals surface area (Å²) in [5, 5.41) is 23.0. The molecule has 1 heterocycles. The van der Waals surface area contributed by atoms with Crippen molar-refractivity contribution in [2.24, 2.45) is 11.0 Å². The number of hydrazone groups is 1. The molecule has 0 radical (unpaired) electrons. The third kappa shape index (κ3) is 4.64. The van der Waals surface area contributed by atoms with Gasteiger partial charge in [0.05, 0.1) is 11.9 Å². The van der Waals surface area contributed by atoms with Gasteiger partial charge in [-0.25, -0.2) is 5.43 Å². The van der Waals surface area contributed by atoms with Gasteiger partial charge in [0, 0.05) is 11.1 Å². The lowest BCUT2D eigenvalue weighted by Crippen LogP contribution is -2.18. The van der Waals surface area contributed by atoms with Gasteiger partial charge in [-0.1, -0.05) is 68.4 Å². The number of aromatic amines is 1. The molecule has 0 aliphatic heterocycles. The maximum absolute atomic E-state index is 12.4. The van der Waals surface area contributed by atoms with E-state index in [1.807, 2.05) is 42.5 Å². The van der Waals surface area contributed by atoms with E-state index in [9.17, 15) is 9.90 Å². The molecule has 0 atom stereocenters. The molecule has 1 aromatic heterocycles. The molecular weight excluding hydrogens is 388 g/mol. The number of phenolic OH excluding ortho intramolecular Hbond substituents is 1. The summed E-state index contributed by atoms with van der Waals surface area (Å²) in [6.45, 7) is 4.38. The zero-order valence-electron chi connectivity index (χ0n) is 17.5. The number of aromatic hydroxyl groups is 1. The minimum atomic E-state index is -0.411. The number of benzene rings is 3. The fourth-order valence-electron chi connectivity index (χ4n) is 3.50. The van der Waals surface area contributed by atoms with Crippen LogP contribution in [0.1, 0.15) is 35.5 Å². The molecule has 31 heavy (non-hydrogen) atoms. The van der Waals surface area contributed by atoms with Crippen molar-refractivity contribution in [1.82, 2.24) is 15.6 Å². The summed E-state index contributed by atoms with van der Waals surface area (Å²) in [5.41, 5.74) is 6.24. The molecule has 0 fully saturated rings. The van der Waals surface area contributed by atoms with Gasteiger partial charge >= 0.3 is 0 Å². The minimum Gasteiger partial charge on any atom is -0.507 e. The Labute approximate surface area is 180 Å². The van der Waals surface area contributed by atoms with Gasteiger partial charge in [0.2, 0.25) is 0 Å². The van der Waals surface area contributed by atoms with Crippen LogP contribution in [-0.4, -0.2) is 27.4 Å². The first-order valence-electron chi connectivity index (χ1n) is 10.2. The van der Waals surface area contributed by atoms with E-state index in [2.05, 4.69) is 46.7 Å². The molecule has 1 amide bonds. The van der Waals surface area contributed by atoms with Crippen LogP contribution in [0.4, 0.5) is 0 Å². The maximum Gasteiger partial charge on any atom is 0.289 e. The molecule has 3 N–H and O–H groups in total. The number of phenols is 1. The van der Waals surface area contributed by atoms with E-state index in [-0.39, 0.29) is 5.75 Å². The second-order valence-corrected chi connectivity index (χ2v) is 7.88. The fraction of sp³-hybridized carbons (Fsp3) is 0.160. The van der Waals surface area contributed by atoms with E-state index in [4.69, 9.17) is 0 Å². The number of aromatic nitrogens is 2. The van der Waals surface area contributed by atoms with E-state index < -0.39 is 5.91 Å². The summed E-state index contributed by atoms with van der Waals surface area (Å²) >= 11 is 0. The molecule has 4 aromatic rings. The summed E-state index contributed by atoms with van der Waals surface area (Å²) in [6.07, 6.45) is 2.47. The Bertz CT molecular complexity index is 1240. The van der Waals surface area contributed by atoms with Crippen LogP contribution in [0.25, 0.3) is 22.0 Å². The molecule has 0 spiro atoms. The lowest BCUT2D eigenvalue weighted by Gasteiger charge is -2.05. The lowest BCUT2D eigenvalue weighted by molar-refractivity contribution is 0.0950. The van der Waals surface area contributed by atoms with Gasteiger partial charge in [0.25, 0.3) is 5.91 Å². The van der Waals surface area contributed by atoms with E-state index >= 15 is 0 Å². The number of hydrogen-bond acceptors (Lipinski definition) is 4. The summed E-state index contributed by atoms with van der Waals surface area (Å²) in [7, 11) is 0. The van der Waals surface area contributed by atoms with Crippen molar-refractivity contribution in [2.45, 2.75) is 20.3 Å². The van der Waals surface area contributed by atoms with Crippen LogP contribution in [0.2, 0.25) is 0 Å². The zero-order valence-corrected chi connectivity index (χ0v) is 17.5. The summed E-state index contributed by atoms with van der Waals surface area (Å²) < 4.78 is 0. The van der Waals surface area contributed by atoms with Crippen LogP contribution in [0, 0.1) is 5.92 Å². The molecule has 156 valence electrons. The first kappa shape index (κ1) is 20.3. The Morgan fingerprint density at radius 3 is 2.68 bits per heavy atom. The van der Waals surface area contributed by atoms with Crippen LogP contribution in [0.3, 0.4) is 0 Å². The van der Waals surface area contributed by atoms with Gasteiger partial charge < -0.3 is 5.11 Å². The van der Waals surface area contributed by atoms with E-state index in [0.29, 0.717) is 22.9 Å². The third-order valence-corrected chi connectivity index (χ3v) is 5.02. The lowest BCUT2D eigenvalue weighted by atomic mass is 10.0. The zero-order chi connectivity index (χ0) is 21.8. The Hall–Kier alpha value is -3.93. The monoisotopic (exact) mass is 412 g/mol. The molecular formula is C25H24N4O2. The number of rotatable bonds is 6. The largest absolute Gasteiger partial charge is 0.507 e. The normalized spacial score (nSPS) is 11.5. The van der Waals surface area contributed by atoms with Crippen molar-refractivity contribution in [3.05, 3.63) is 83.6 Å². The fourth-order valence-corrected chi connectivity index (χ4v) is 3.50. The molecule has 0 bridgehead atoms. The number of nitrogens with one attached hydrogen (secondary N) is 2. The van der Waals surface area contributed by atoms with Crippen LogP contribution in [-0.2, 0) is 6.42 Å². The quantitative estimate of drug-likeness (QED) is 0.311. The number of H-pyrrole nitrogens is 1. The SMILES string of the molecule is CC(C)Cc1ccc(-c2cc(C(=O)NN=Cc3c(O)ccc4ccccc34)[nH]n2)cc1. The van der Waals surface area contributed by atoms with Crippen molar-refractivity contribution >= 4 is 22.9 Å². The second kappa shape index (κ2) is 8.83. The number of fused-ring (bicyclic) bond motifs is 1. The topological polar surface area (TPSA) is 90.4 Å². The van der Waals surface area contributed by atoms with Gasteiger partial charge in [-0.2, -0.15) is 10.2 Å². The first-order valence-corrected chi connectivity index (χ1v) is 10.2. The standard InChI is InChI=1S/C25H24N4O2/c1-16(2)13-17-7-9-19(10-8-17)22-14-23(28-27-22)25(31)29-26-15-21-20-6-4-3-5-18(20)11-12-24(21)30/h3-12,14-16,30H,13H2,1-2H3,(H,27,28)(H,29,31). The second-order valence-electron chi connectivity index (χ2n) is 7.88. The minimum absolute atomic E-state index is 0.0986. The summed E-state index contributed by atoms with van der Waals surface area (Å²) in [6, 6.07) is 21.0. The predicted molar refractivity (Wildman–Crippen MR) is 123 cm³/mol. The van der Waals surface area contributed by atoms with Crippen LogP contribution in [0.15, 0.2) is 71.8 Å². The predicted octanol–water partition coefficient (Wildman–Crippen LogP) is 4.90. The van der Waals surface area contributed by atoms with Crippen LogP contribution >= 0.6 is 0 Å². The molecule has 0 unspecified atom stereocenters. The molecule has 6 nitrogen and oxygen atoms in total. The number of carbonyl (C=O) groups is 1. The van der Waals surface area contributed by atoms with Gasteiger partial charge in [0.1, 0.15) is 11.4 Å². The number of hydrogen-bond donors (Lipinski definition) is 3. The van der Waals surface area contributed by atoms with Crippen molar-refractivity contribution in [3.8, 4) is 17.0 Å². The molecule has 0 saturated carbocycles. The number of nitrogens with zero attached hydrogens (tertiary/aromatic N) is 2. The van der Waals surface area contributed by atoms with E-state index in [0.717, 1.165) is 22.8 Å². The van der Waals surface area contributed by atoms with Gasteiger partial charge in [0.15, 0.2) is 0 Å². The molecule has 4 rings (SSSR count). The Morgan fingerprint density at radius 1 is 1.13 bits per heavy atom. The van der Waals surface area contributed by atoms with Gasteiger partial charge in [-0.05, 0) is 40.8 Å². The maximum atomic E-state index is 12.4. The van der Waals surface area contributed by atoms with E-state index in [1.54, 1.807) is 12.1 Å². The smallest absolute Gasteiger partial charge is 0.289 e. The van der Waals surface area contributed by atoms with Crippen molar-refractivity contribution in [2.75, 3.05) is 0 Å². The van der Waals surface area contributed by atoms with Crippen LogP contribution < -0.4 is 5.43 Å². The summed E-state index contributed by atoms with van der Waals surface area (Å²) in [5.74, 6) is 0.287. The highest BCUT2D eigenvalue weighted by molar-refractivity contribution is 6.03. The summed E-state index contributed by atoms with van der Waals surface area (Å²) in [4.78, 5) is 12.4. The first-order chi connectivity index (χ1) is 15.0. The third-order valence-electron chi connectivity index (χ3n) is 5.02. The average molecular weight is 412 g/mol. The highest BCUT2D eigenvalue weighted by Crippen LogP contribution is 2.25. The van der Waals surface area contributed by atoms with Crippen LogP contribution in [0.5, 0.6) is 5.75 Å².